The molecule has 0 aliphatic heterocycles. The summed E-state index contributed by atoms with van der Waals surface area (Å²) in [5.41, 5.74) is 10.5. The van der Waals surface area contributed by atoms with Crippen molar-refractivity contribution in [2.24, 2.45) is 0 Å². The summed E-state index contributed by atoms with van der Waals surface area (Å²) >= 11 is 0. The standard InChI is InChI=1S/C39H26N2O/c1-3-9-27(10-4-1)29-16-20-32(21-17-29)41(33-14-7-13-31(25-33)28-11-5-2-6-12-28)34-22-18-30-19-23-36-38(35(30)26-34)39-37(42-36)15-8-24-40-39/h1-26H. The maximum absolute atomic E-state index is 6.17. The van der Waals surface area contributed by atoms with Crippen molar-refractivity contribution in [3.63, 3.8) is 0 Å². The summed E-state index contributed by atoms with van der Waals surface area (Å²) in [6.07, 6.45) is 1.83. The van der Waals surface area contributed by atoms with Crippen molar-refractivity contribution in [2.75, 3.05) is 4.90 Å². The van der Waals surface area contributed by atoms with Crippen LogP contribution in [0.25, 0.3) is 55.1 Å². The normalized spacial score (nSPS) is 11.3. The molecule has 0 bridgehead atoms. The number of benzene rings is 6. The number of hydrogen-bond donors (Lipinski definition) is 0. The zero-order chi connectivity index (χ0) is 27.9. The Bertz CT molecular complexity index is 2180. The average Bonchev–Trinajstić information content (AvgIpc) is 3.46. The van der Waals surface area contributed by atoms with E-state index in [0.717, 1.165) is 49.9 Å². The molecule has 0 saturated heterocycles. The smallest absolute Gasteiger partial charge is 0.153 e. The molecule has 8 rings (SSSR count). The van der Waals surface area contributed by atoms with Crippen molar-refractivity contribution in [1.29, 1.82) is 0 Å². The SMILES string of the molecule is c1ccc(-c2ccc(N(c3cccc(-c4ccccc4)c3)c3ccc4ccc5oc6cccnc6c5c4c3)cc2)cc1. The fourth-order valence-corrected chi connectivity index (χ4v) is 5.87. The van der Waals surface area contributed by atoms with Crippen LogP contribution >= 0.6 is 0 Å². The number of fused-ring (bicyclic) bond motifs is 5. The molecule has 0 radical (unpaired) electrons. The molecule has 3 heteroatoms. The Kier molecular flexibility index (Phi) is 5.79. The summed E-state index contributed by atoms with van der Waals surface area (Å²) in [4.78, 5) is 7.02. The molecule has 0 atom stereocenters. The van der Waals surface area contributed by atoms with E-state index in [1.165, 1.54) is 22.3 Å². The largest absolute Gasteiger partial charge is 0.454 e. The Morgan fingerprint density at radius 1 is 0.452 bits per heavy atom. The molecule has 0 spiro atoms. The molecule has 0 N–H and O–H groups in total. The second kappa shape index (κ2) is 10.1. The summed E-state index contributed by atoms with van der Waals surface area (Å²) < 4.78 is 6.17. The van der Waals surface area contributed by atoms with Crippen molar-refractivity contribution in [3.8, 4) is 22.3 Å². The Morgan fingerprint density at radius 3 is 1.88 bits per heavy atom. The van der Waals surface area contributed by atoms with E-state index >= 15 is 0 Å². The predicted octanol–water partition coefficient (Wildman–Crippen LogP) is 10.9. The highest BCUT2D eigenvalue weighted by atomic mass is 16.3. The van der Waals surface area contributed by atoms with Crippen molar-refractivity contribution < 1.29 is 4.42 Å². The van der Waals surface area contributed by atoms with E-state index in [4.69, 9.17) is 4.42 Å². The lowest BCUT2D eigenvalue weighted by Gasteiger charge is -2.26. The molecule has 0 unspecified atom stereocenters. The van der Waals surface area contributed by atoms with Crippen LogP contribution in [-0.4, -0.2) is 4.98 Å². The highest BCUT2D eigenvalue weighted by molar-refractivity contribution is 6.18. The van der Waals surface area contributed by atoms with Crippen LogP contribution in [0.5, 0.6) is 0 Å². The summed E-state index contributed by atoms with van der Waals surface area (Å²) in [6.45, 7) is 0. The molecule has 0 saturated carbocycles. The van der Waals surface area contributed by atoms with Gasteiger partial charge in [0.25, 0.3) is 0 Å². The number of hydrogen-bond acceptors (Lipinski definition) is 3. The molecule has 2 heterocycles. The minimum Gasteiger partial charge on any atom is -0.454 e. The molecule has 0 fully saturated rings. The third-order valence-electron chi connectivity index (χ3n) is 7.90. The minimum atomic E-state index is 0.800. The van der Waals surface area contributed by atoms with E-state index < -0.39 is 0 Å². The first-order valence-electron chi connectivity index (χ1n) is 14.1. The van der Waals surface area contributed by atoms with E-state index in [0.29, 0.717) is 0 Å². The third-order valence-corrected chi connectivity index (χ3v) is 7.90. The molecule has 3 nitrogen and oxygen atoms in total. The van der Waals surface area contributed by atoms with Gasteiger partial charge in [-0.25, -0.2) is 0 Å². The van der Waals surface area contributed by atoms with E-state index in [1.807, 2.05) is 24.4 Å². The van der Waals surface area contributed by atoms with Crippen molar-refractivity contribution in [1.82, 2.24) is 4.98 Å². The van der Waals surface area contributed by atoms with Gasteiger partial charge in [-0.2, -0.15) is 0 Å². The average molecular weight is 539 g/mol. The molecule has 8 aromatic rings. The van der Waals surface area contributed by atoms with Gasteiger partial charge in [0.15, 0.2) is 5.58 Å². The number of furan rings is 1. The van der Waals surface area contributed by atoms with E-state index in [2.05, 4.69) is 143 Å². The van der Waals surface area contributed by atoms with Gasteiger partial charge in [0, 0.05) is 23.3 Å². The third kappa shape index (κ3) is 4.20. The van der Waals surface area contributed by atoms with Gasteiger partial charge in [0.05, 0.1) is 5.39 Å². The summed E-state index contributed by atoms with van der Waals surface area (Å²) in [5, 5.41) is 3.31. The van der Waals surface area contributed by atoms with Crippen LogP contribution in [0.15, 0.2) is 162 Å². The number of rotatable bonds is 5. The quantitative estimate of drug-likeness (QED) is 0.218. The lowest BCUT2D eigenvalue weighted by atomic mass is 10.0. The van der Waals surface area contributed by atoms with Crippen molar-refractivity contribution >= 4 is 49.9 Å². The lowest BCUT2D eigenvalue weighted by Crippen LogP contribution is -2.10. The number of nitrogens with zero attached hydrogens (tertiary/aromatic N) is 2. The zero-order valence-electron chi connectivity index (χ0n) is 22.8. The van der Waals surface area contributed by atoms with Gasteiger partial charge in [-0.3, -0.25) is 4.98 Å². The molecular weight excluding hydrogens is 512 g/mol. The Labute approximate surface area is 243 Å². The maximum Gasteiger partial charge on any atom is 0.153 e. The fourth-order valence-electron chi connectivity index (χ4n) is 5.87. The molecule has 42 heavy (non-hydrogen) atoms. The summed E-state index contributed by atoms with van der Waals surface area (Å²) in [7, 11) is 0. The first-order valence-corrected chi connectivity index (χ1v) is 14.1. The van der Waals surface area contributed by atoms with Crippen molar-refractivity contribution in [3.05, 3.63) is 158 Å². The zero-order valence-corrected chi connectivity index (χ0v) is 22.8. The van der Waals surface area contributed by atoms with Crippen LogP contribution < -0.4 is 4.90 Å². The Hall–Kier alpha value is -5.67. The second-order valence-corrected chi connectivity index (χ2v) is 10.5. The molecule has 0 amide bonds. The monoisotopic (exact) mass is 538 g/mol. The summed E-state index contributed by atoms with van der Waals surface area (Å²) in [5.74, 6) is 0. The van der Waals surface area contributed by atoms with Gasteiger partial charge < -0.3 is 9.32 Å². The van der Waals surface area contributed by atoms with Crippen LogP contribution in [-0.2, 0) is 0 Å². The van der Waals surface area contributed by atoms with Gasteiger partial charge in [0.2, 0.25) is 0 Å². The Morgan fingerprint density at radius 2 is 1.10 bits per heavy atom. The van der Waals surface area contributed by atoms with Crippen LogP contribution in [0.3, 0.4) is 0 Å². The molecule has 0 aliphatic carbocycles. The topological polar surface area (TPSA) is 29.3 Å². The van der Waals surface area contributed by atoms with Crippen LogP contribution in [0.4, 0.5) is 17.1 Å². The highest BCUT2D eigenvalue weighted by Crippen LogP contribution is 2.41. The molecule has 0 aliphatic rings. The van der Waals surface area contributed by atoms with Crippen LogP contribution in [0.1, 0.15) is 0 Å². The minimum absolute atomic E-state index is 0.800. The Balaban J connectivity index is 1.33. The van der Waals surface area contributed by atoms with Gasteiger partial charge in [-0.1, -0.05) is 97.1 Å². The molecule has 2 aromatic heterocycles. The molecule has 198 valence electrons. The van der Waals surface area contributed by atoms with Crippen LogP contribution in [0.2, 0.25) is 0 Å². The van der Waals surface area contributed by atoms with Crippen LogP contribution in [0, 0.1) is 0 Å². The van der Waals surface area contributed by atoms with E-state index in [-0.39, 0.29) is 0 Å². The van der Waals surface area contributed by atoms with Gasteiger partial charge in [-0.05, 0) is 87.6 Å². The predicted molar refractivity (Wildman–Crippen MR) is 175 cm³/mol. The van der Waals surface area contributed by atoms with Gasteiger partial charge in [-0.15, -0.1) is 0 Å². The van der Waals surface area contributed by atoms with Gasteiger partial charge >= 0.3 is 0 Å². The lowest BCUT2D eigenvalue weighted by molar-refractivity contribution is 0.668. The number of aromatic nitrogens is 1. The maximum atomic E-state index is 6.17. The van der Waals surface area contributed by atoms with Crippen molar-refractivity contribution in [2.45, 2.75) is 0 Å². The van der Waals surface area contributed by atoms with E-state index in [9.17, 15) is 0 Å². The second-order valence-electron chi connectivity index (χ2n) is 10.5. The summed E-state index contributed by atoms with van der Waals surface area (Å²) in [6, 6.07) is 53.3. The first-order chi connectivity index (χ1) is 20.8. The molecule has 6 aromatic carbocycles. The first kappa shape index (κ1) is 24.2. The van der Waals surface area contributed by atoms with Gasteiger partial charge in [0.1, 0.15) is 11.1 Å². The molecular formula is C39H26N2O. The van der Waals surface area contributed by atoms with E-state index in [1.54, 1.807) is 0 Å². The number of pyridine rings is 1. The fraction of sp³-hybridized carbons (Fsp3) is 0. The number of anilines is 3. The highest BCUT2D eigenvalue weighted by Gasteiger charge is 2.17.